The Bertz CT molecular complexity index is 567. The van der Waals surface area contributed by atoms with Gasteiger partial charge in [0.05, 0.1) is 12.2 Å². The molecule has 4 heteroatoms. The summed E-state index contributed by atoms with van der Waals surface area (Å²) in [6.07, 6.45) is 0.931. The topological polar surface area (TPSA) is 43.8 Å². The highest BCUT2D eigenvalue weighted by molar-refractivity contribution is 9.10. The van der Waals surface area contributed by atoms with Gasteiger partial charge in [-0.3, -0.25) is 0 Å². The third-order valence-corrected chi connectivity index (χ3v) is 3.62. The van der Waals surface area contributed by atoms with Crippen LogP contribution in [0.5, 0.6) is 0 Å². The van der Waals surface area contributed by atoms with Gasteiger partial charge in [-0.2, -0.15) is 5.10 Å². The summed E-state index contributed by atoms with van der Waals surface area (Å²) in [5.41, 5.74) is 8.50. The van der Waals surface area contributed by atoms with E-state index in [1.807, 2.05) is 28.9 Å². The molecule has 0 aliphatic carbocycles. The third-order valence-electron chi connectivity index (χ3n) is 2.85. The third kappa shape index (κ3) is 3.83. The van der Waals surface area contributed by atoms with Crippen molar-refractivity contribution in [3.8, 4) is 0 Å². The molecule has 2 rings (SSSR count). The molecule has 0 aliphatic heterocycles. The number of halogens is 1. The van der Waals surface area contributed by atoms with E-state index in [1.165, 1.54) is 5.56 Å². The van der Waals surface area contributed by atoms with Crippen molar-refractivity contribution in [2.24, 2.45) is 5.41 Å². The summed E-state index contributed by atoms with van der Waals surface area (Å²) in [4.78, 5) is 0. The van der Waals surface area contributed by atoms with Crippen LogP contribution in [0.1, 0.15) is 32.0 Å². The molecule has 0 atom stereocenters. The molecule has 3 nitrogen and oxygen atoms in total. The highest BCUT2D eigenvalue weighted by Gasteiger charge is 2.15. The molecule has 0 amide bonds. The number of nitrogens with zero attached hydrogens (tertiary/aromatic N) is 2. The van der Waals surface area contributed by atoms with Gasteiger partial charge in [0.15, 0.2) is 0 Å². The first kappa shape index (κ1) is 14.1. The minimum atomic E-state index is 0.221. The van der Waals surface area contributed by atoms with Gasteiger partial charge in [0.2, 0.25) is 0 Å². The summed E-state index contributed by atoms with van der Waals surface area (Å²) in [5.74, 6) is 0.718. The Balaban J connectivity index is 2.20. The predicted molar refractivity (Wildman–Crippen MR) is 83.0 cm³/mol. The molecule has 0 unspecified atom stereocenters. The second kappa shape index (κ2) is 5.37. The summed E-state index contributed by atoms with van der Waals surface area (Å²) in [6.45, 7) is 7.30. The standard InChI is InChI=1S/C15H20BrN3/c1-15(2,3)9-12-8-14(17)19(18-12)10-11-6-4-5-7-13(11)16/h4-8H,9-10,17H2,1-3H3. The van der Waals surface area contributed by atoms with E-state index in [0.717, 1.165) is 22.4 Å². The zero-order valence-electron chi connectivity index (χ0n) is 11.7. The van der Waals surface area contributed by atoms with Crippen LogP contribution in [0, 0.1) is 5.41 Å². The van der Waals surface area contributed by atoms with Crippen LogP contribution in [0.4, 0.5) is 5.82 Å². The Labute approximate surface area is 122 Å². The Morgan fingerprint density at radius 2 is 1.95 bits per heavy atom. The second-order valence-corrected chi connectivity index (χ2v) is 6.90. The monoisotopic (exact) mass is 321 g/mol. The Kier molecular flexibility index (Phi) is 3.99. The van der Waals surface area contributed by atoms with Crippen LogP contribution in [0.3, 0.4) is 0 Å². The maximum absolute atomic E-state index is 6.04. The van der Waals surface area contributed by atoms with Gasteiger partial charge in [-0.1, -0.05) is 54.9 Å². The van der Waals surface area contributed by atoms with E-state index in [4.69, 9.17) is 5.73 Å². The van der Waals surface area contributed by atoms with Crippen molar-refractivity contribution in [3.05, 3.63) is 46.1 Å². The number of hydrogen-bond donors (Lipinski definition) is 1. The lowest BCUT2D eigenvalue weighted by Gasteiger charge is -2.15. The molecule has 1 aromatic heterocycles. The van der Waals surface area contributed by atoms with E-state index in [-0.39, 0.29) is 5.41 Å². The zero-order valence-corrected chi connectivity index (χ0v) is 13.2. The van der Waals surface area contributed by atoms with Crippen LogP contribution in [0.15, 0.2) is 34.8 Å². The van der Waals surface area contributed by atoms with Crippen molar-refractivity contribution >= 4 is 21.7 Å². The van der Waals surface area contributed by atoms with Crippen molar-refractivity contribution in [2.45, 2.75) is 33.7 Å². The lowest BCUT2D eigenvalue weighted by atomic mass is 9.91. The van der Waals surface area contributed by atoms with Crippen molar-refractivity contribution in [3.63, 3.8) is 0 Å². The zero-order chi connectivity index (χ0) is 14.0. The number of benzene rings is 1. The lowest BCUT2D eigenvalue weighted by molar-refractivity contribution is 0.404. The molecule has 0 saturated heterocycles. The number of hydrogen-bond acceptors (Lipinski definition) is 2. The lowest BCUT2D eigenvalue weighted by Crippen LogP contribution is -2.11. The maximum atomic E-state index is 6.04. The van der Waals surface area contributed by atoms with Gasteiger partial charge in [-0.25, -0.2) is 4.68 Å². The van der Waals surface area contributed by atoms with E-state index in [9.17, 15) is 0 Å². The average Bonchev–Trinajstić information content (AvgIpc) is 2.60. The van der Waals surface area contributed by atoms with Gasteiger partial charge < -0.3 is 5.73 Å². The van der Waals surface area contributed by atoms with Gasteiger partial charge in [-0.15, -0.1) is 0 Å². The normalized spacial score (nSPS) is 11.8. The number of rotatable bonds is 3. The van der Waals surface area contributed by atoms with Gasteiger partial charge in [0.1, 0.15) is 5.82 Å². The van der Waals surface area contributed by atoms with E-state index < -0.39 is 0 Å². The highest BCUT2D eigenvalue weighted by atomic mass is 79.9. The maximum Gasteiger partial charge on any atom is 0.122 e. The molecule has 0 aliphatic rings. The van der Waals surface area contributed by atoms with E-state index in [1.54, 1.807) is 0 Å². The molecule has 0 radical (unpaired) electrons. The fraction of sp³-hybridized carbons (Fsp3) is 0.400. The Morgan fingerprint density at radius 3 is 2.58 bits per heavy atom. The smallest absolute Gasteiger partial charge is 0.122 e. The number of nitrogen functional groups attached to an aromatic ring is 1. The fourth-order valence-corrected chi connectivity index (χ4v) is 2.44. The van der Waals surface area contributed by atoms with Crippen molar-refractivity contribution in [2.75, 3.05) is 5.73 Å². The summed E-state index contributed by atoms with van der Waals surface area (Å²) in [7, 11) is 0. The molecule has 0 fully saturated rings. The van der Waals surface area contributed by atoms with Crippen LogP contribution in [-0.2, 0) is 13.0 Å². The summed E-state index contributed by atoms with van der Waals surface area (Å²) in [5, 5.41) is 4.60. The Hall–Kier alpha value is -1.29. The molecule has 1 aromatic carbocycles. The van der Waals surface area contributed by atoms with Crippen LogP contribution in [0.25, 0.3) is 0 Å². The Morgan fingerprint density at radius 1 is 1.26 bits per heavy atom. The van der Waals surface area contributed by atoms with Gasteiger partial charge >= 0.3 is 0 Å². The first-order chi connectivity index (χ1) is 8.85. The molecule has 0 bridgehead atoms. The van der Waals surface area contributed by atoms with Crippen molar-refractivity contribution in [1.29, 1.82) is 0 Å². The van der Waals surface area contributed by atoms with E-state index >= 15 is 0 Å². The van der Waals surface area contributed by atoms with Crippen LogP contribution in [-0.4, -0.2) is 9.78 Å². The van der Waals surface area contributed by atoms with Crippen LogP contribution >= 0.6 is 15.9 Å². The first-order valence-corrected chi connectivity index (χ1v) is 7.20. The minimum absolute atomic E-state index is 0.221. The van der Waals surface area contributed by atoms with E-state index in [2.05, 4.69) is 47.9 Å². The predicted octanol–water partition coefficient (Wildman–Crippen LogP) is 3.86. The molecule has 0 spiro atoms. The average molecular weight is 322 g/mol. The highest BCUT2D eigenvalue weighted by Crippen LogP contribution is 2.22. The fourth-order valence-electron chi connectivity index (χ4n) is 2.03. The van der Waals surface area contributed by atoms with Crippen molar-refractivity contribution in [1.82, 2.24) is 9.78 Å². The molecule has 102 valence electrons. The summed E-state index contributed by atoms with van der Waals surface area (Å²) in [6, 6.07) is 10.1. The quantitative estimate of drug-likeness (QED) is 0.932. The molecule has 2 N–H and O–H groups in total. The van der Waals surface area contributed by atoms with Gasteiger partial charge in [0.25, 0.3) is 0 Å². The molecule has 2 aromatic rings. The number of nitrogens with two attached hydrogens (primary N) is 1. The second-order valence-electron chi connectivity index (χ2n) is 6.05. The molecular formula is C15H20BrN3. The molecular weight excluding hydrogens is 302 g/mol. The molecule has 1 heterocycles. The SMILES string of the molecule is CC(C)(C)Cc1cc(N)n(Cc2ccccc2Br)n1. The van der Waals surface area contributed by atoms with Crippen molar-refractivity contribution < 1.29 is 0 Å². The van der Waals surface area contributed by atoms with E-state index in [0.29, 0.717) is 6.54 Å². The number of anilines is 1. The van der Waals surface area contributed by atoms with Crippen LogP contribution in [0.2, 0.25) is 0 Å². The summed E-state index contributed by atoms with van der Waals surface area (Å²) >= 11 is 3.55. The van der Waals surface area contributed by atoms with Crippen LogP contribution < -0.4 is 5.73 Å². The molecule has 19 heavy (non-hydrogen) atoms. The minimum Gasteiger partial charge on any atom is -0.384 e. The molecule has 0 saturated carbocycles. The van der Waals surface area contributed by atoms with Gasteiger partial charge in [0, 0.05) is 10.5 Å². The number of aromatic nitrogens is 2. The van der Waals surface area contributed by atoms with Gasteiger partial charge in [-0.05, 0) is 23.5 Å². The first-order valence-electron chi connectivity index (χ1n) is 6.41. The summed E-state index contributed by atoms with van der Waals surface area (Å²) < 4.78 is 2.95. The largest absolute Gasteiger partial charge is 0.384 e.